The summed E-state index contributed by atoms with van der Waals surface area (Å²) in [5.74, 6) is 0.103. The summed E-state index contributed by atoms with van der Waals surface area (Å²) in [5.41, 5.74) is 0.817. The maximum Gasteiger partial charge on any atom is 0.345 e. The van der Waals surface area contributed by atoms with Crippen LogP contribution in [0.3, 0.4) is 0 Å². The fraction of sp³-hybridized carbons (Fsp3) is 0.111. The van der Waals surface area contributed by atoms with Gasteiger partial charge in [-0.3, -0.25) is 9.97 Å². The van der Waals surface area contributed by atoms with Crippen molar-refractivity contribution in [1.29, 1.82) is 0 Å². The molecule has 0 saturated carbocycles. The number of esters is 2. The van der Waals surface area contributed by atoms with Crippen LogP contribution in [0.5, 0.6) is 11.5 Å². The molecule has 35 heavy (non-hydrogen) atoms. The third kappa shape index (κ3) is 7.18. The Hall–Kier alpha value is -3.62. The Morgan fingerprint density at radius 2 is 1.14 bits per heavy atom. The molecule has 8 heteroatoms. The average molecular weight is 503 g/mol. The van der Waals surface area contributed by atoms with Crippen LogP contribution in [0.25, 0.3) is 0 Å². The number of ether oxygens (including phenoxy) is 2. The monoisotopic (exact) mass is 502 g/mol. The highest BCUT2D eigenvalue weighted by atomic mass is 32.2. The highest BCUT2D eigenvalue weighted by molar-refractivity contribution is 8.17. The summed E-state index contributed by atoms with van der Waals surface area (Å²) in [4.78, 5) is 34.4. The number of benzene rings is 2. The molecule has 0 bridgehead atoms. The molecule has 0 radical (unpaired) electrons. The Morgan fingerprint density at radius 1 is 0.714 bits per heavy atom. The Kier molecular flexibility index (Phi) is 8.53. The van der Waals surface area contributed by atoms with Crippen molar-refractivity contribution in [3.05, 3.63) is 109 Å². The van der Waals surface area contributed by atoms with E-state index in [1.165, 1.54) is 12.4 Å². The molecule has 0 aliphatic carbocycles. The van der Waals surface area contributed by atoms with Crippen molar-refractivity contribution in [2.75, 3.05) is 0 Å². The van der Waals surface area contributed by atoms with Crippen molar-refractivity contribution in [1.82, 2.24) is 9.97 Å². The molecule has 0 aliphatic rings. The average Bonchev–Trinajstić information content (AvgIpc) is 2.91. The topological polar surface area (TPSA) is 78.4 Å². The zero-order chi connectivity index (χ0) is 24.5. The summed E-state index contributed by atoms with van der Waals surface area (Å²) in [6.07, 6.45) is 7.13. The van der Waals surface area contributed by atoms with Gasteiger partial charge in [0.05, 0.1) is 15.7 Å². The molecule has 0 saturated heterocycles. The molecule has 0 aliphatic heterocycles. The first-order valence-corrected chi connectivity index (χ1v) is 12.6. The Labute approximate surface area is 212 Å². The molecular weight excluding hydrogens is 480 g/mol. The number of thioether (sulfide) groups is 2. The van der Waals surface area contributed by atoms with E-state index in [9.17, 15) is 9.59 Å². The molecule has 6 nitrogen and oxygen atoms in total. The zero-order valence-electron chi connectivity index (χ0n) is 18.9. The van der Waals surface area contributed by atoms with Crippen LogP contribution >= 0.6 is 23.5 Å². The second kappa shape index (κ2) is 12.2. The zero-order valence-corrected chi connectivity index (χ0v) is 20.5. The van der Waals surface area contributed by atoms with Gasteiger partial charge in [-0.1, -0.05) is 6.92 Å². The first-order chi connectivity index (χ1) is 17.1. The molecule has 0 fully saturated rings. The molecule has 2 heterocycles. The summed E-state index contributed by atoms with van der Waals surface area (Å²) in [5, 5.41) is 0. The number of pyridine rings is 2. The van der Waals surface area contributed by atoms with Gasteiger partial charge in [-0.2, -0.15) is 0 Å². The number of hydrogen-bond donors (Lipinski definition) is 0. The first-order valence-electron chi connectivity index (χ1n) is 10.9. The minimum Gasteiger partial charge on any atom is -0.423 e. The van der Waals surface area contributed by atoms with Crippen LogP contribution in [-0.4, -0.2) is 26.5 Å². The molecule has 0 spiro atoms. The molecule has 0 amide bonds. The smallest absolute Gasteiger partial charge is 0.345 e. The largest absolute Gasteiger partial charge is 0.423 e. The standard InChI is InChI=1S/C27H22N2O4S2/c1-2-25(34-23-11-7-21(8-12-23)32-26(30)19-5-3-15-28-17-19)35-24-13-9-22(10-14-24)33-27(31)20-6-4-16-29-18-20/h3-18,25H,2H2,1H3. The fourth-order valence-corrected chi connectivity index (χ4v) is 5.35. The summed E-state index contributed by atoms with van der Waals surface area (Å²) in [6.45, 7) is 2.14. The van der Waals surface area contributed by atoms with Crippen molar-refractivity contribution < 1.29 is 19.1 Å². The number of hydrogen-bond acceptors (Lipinski definition) is 8. The van der Waals surface area contributed by atoms with Crippen LogP contribution in [-0.2, 0) is 0 Å². The molecule has 176 valence electrons. The third-order valence-corrected chi connectivity index (χ3v) is 7.59. The van der Waals surface area contributed by atoms with Gasteiger partial charge >= 0.3 is 11.9 Å². The van der Waals surface area contributed by atoms with Crippen molar-refractivity contribution in [2.45, 2.75) is 27.7 Å². The van der Waals surface area contributed by atoms with Crippen molar-refractivity contribution in [3.63, 3.8) is 0 Å². The number of carbonyl (C=O) groups excluding carboxylic acids is 2. The lowest BCUT2D eigenvalue weighted by molar-refractivity contribution is 0.0724. The van der Waals surface area contributed by atoms with Gasteiger partial charge in [0.25, 0.3) is 0 Å². The summed E-state index contributed by atoms with van der Waals surface area (Å²) in [6, 6.07) is 21.7. The predicted molar refractivity (Wildman–Crippen MR) is 137 cm³/mol. The second-order valence-electron chi connectivity index (χ2n) is 7.28. The molecule has 0 atom stereocenters. The number of nitrogens with zero attached hydrogens (tertiary/aromatic N) is 2. The first kappa shape index (κ1) is 24.5. The lowest BCUT2D eigenvalue weighted by Gasteiger charge is -2.15. The van der Waals surface area contributed by atoms with E-state index >= 15 is 0 Å². The van der Waals surface area contributed by atoms with Crippen LogP contribution in [0, 0.1) is 0 Å². The van der Waals surface area contributed by atoms with Crippen LogP contribution in [0.15, 0.2) is 107 Å². The Bertz CT molecular complexity index is 1150. The highest BCUT2D eigenvalue weighted by Crippen LogP contribution is 2.38. The van der Waals surface area contributed by atoms with Crippen molar-refractivity contribution in [2.24, 2.45) is 0 Å². The summed E-state index contributed by atoms with van der Waals surface area (Å²) < 4.78 is 11.1. The minimum absolute atomic E-state index is 0.280. The van der Waals surface area contributed by atoms with Crippen LogP contribution in [0.2, 0.25) is 0 Å². The SMILES string of the molecule is CCC(Sc1ccc(OC(=O)c2cccnc2)cc1)Sc1ccc(OC(=O)c2cccnc2)cc1. The van der Waals surface area contributed by atoms with E-state index in [4.69, 9.17) is 9.47 Å². The Balaban J connectivity index is 1.30. The quantitative estimate of drug-likeness (QED) is 0.111. The molecule has 4 rings (SSSR count). The van der Waals surface area contributed by atoms with E-state index in [1.54, 1.807) is 84.4 Å². The molecular formula is C27H22N2O4S2. The van der Waals surface area contributed by atoms with E-state index in [1.807, 2.05) is 24.3 Å². The number of aromatic nitrogens is 2. The van der Waals surface area contributed by atoms with Gasteiger partial charge in [0.1, 0.15) is 11.5 Å². The minimum atomic E-state index is -0.435. The van der Waals surface area contributed by atoms with Gasteiger partial charge in [0.15, 0.2) is 0 Å². The Morgan fingerprint density at radius 3 is 1.49 bits per heavy atom. The fourth-order valence-electron chi connectivity index (χ4n) is 2.97. The molecule has 4 aromatic rings. The highest BCUT2D eigenvalue weighted by Gasteiger charge is 2.13. The maximum atomic E-state index is 12.2. The van der Waals surface area contributed by atoms with Crippen LogP contribution in [0.4, 0.5) is 0 Å². The van der Waals surface area contributed by atoms with Crippen molar-refractivity contribution in [3.8, 4) is 11.5 Å². The number of carbonyl (C=O) groups is 2. The maximum absolute atomic E-state index is 12.2. The summed E-state index contributed by atoms with van der Waals surface area (Å²) >= 11 is 3.48. The van der Waals surface area contributed by atoms with Crippen LogP contribution in [0.1, 0.15) is 34.1 Å². The van der Waals surface area contributed by atoms with Crippen LogP contribution < -0.4 is 9.47 Å². The van der Waals surface area contributed by atoms with E-state index in [0.29, 0.717) is 22.6 Å². The van der Waals surface area contributed by atoms with E-state index in [0.717, 1.165) is 16.2 Å². The van der Waals surface area contributed by atoms with E-state index < -0.39 is 11.9 Å². The van der Waals surface area contributed by atoms with Gasteiger partial charge in [-0.25, -0.2) is 9.59 Å². The van der Waals surface area contributed by atoms with Gasteiger partial charge in [-0.05, 0) is 79.2 Å². The summed E-state index contributed by atoms with van der Waals surface area (Å²) in [7, 11) is 0. The second-order valence-corrected chi connectivity index (χ2v) is 10.1. The van der Waals surface area contributed by atoms with Crippen molar-refractivity contribution >= 4 is 35.5 Å². The van der Waals surface area contributed by atoms with Gasteiger partial charge < -0.3 is 9.47 Å². The number of rotatable bonds is 9. The lowest BCUT2D eigenvalue weighted by atomic mass is 10.3. The lowest BCUT2D eigenvalue weighted by Crippen LogP contribution is -2.08. The predicted octanol–water partition coefficient (Wildman–Crippen LogP) is 6.54. The molecule has 2 aromatic heterocycles. The molecule has 0 N–H and O–H groups in total. The van der Waals surface area contributed by atoms with Gasteiger partial charge in [0, 0.05) is 34.6 Å². The van der Waals surface area contributed by atoms with Gasteiger partial charge in [-0.15, -0.1) is 23.5 Å². The van der Waals surface area contributed by atoms with E-state index in [2.05, 4.69) is 16.9 Å². The molecule has 0 unspecified atom stereocenters. The third-order valence-electron chi connectivity index (χ3n) is 4.73. The molecule has 2 aromatic carbocycles. The normalized spacial score (nSPS) is 10.7. The van der Waals surface area contributed by atoms with Gasteiger partial charge in [0.2, 0.25) is 0 Å². The van der Waals surface area contributed by atoms with E-state index in [-0.39, 0.29) is 4.58 Å².